The standard InChI is InChI=1S/C14H17BrFNO4/c15-8-3-4-9(10(16)6-8)13(14(19)20)17-11(7-18)12-2-1-5-21-12/h3-4,6,11-13,17-18H,1-2,5,7H2,(H,19,20). The molecule has 3 atom stereocenters. The number of aliphatic hydroxyl groups is 1. The molecule has 3 unspecified atom stereocenters. The second-order valence-electron chi connectivity index (χ2n) is 4.94. The van der Waals surface area contributed by atoms with Gasteiger partial charge in [0, 0.05) is 16.6 Å². The number of nitrogens with one attached hydrogen (secondary N) is 1. The minimum atomic E-state index is -1.24. The Balaban J connectivity index is 2.20. The van der Waals surface area contributed by atoms with Crippen LogP contribution >= 0.6 is 15.9 Å². The molecule has 0 amide bonds. The molecule has 21 heavy (non-hydrogen) atoms. The number of aliphatic carboxylic acids is 1. The SMILES string of the molecule is O=C(O)C(NC(CO)C1CCCO1)c1ccc(Br)cc1F. The molecule has 0 spiro atoms. The molecule has 3 N–H and O–H groups in total. The van der Waals surface area contributed by atoms with Crippen molar-refractivity contribution >= 4 is 21.9 Å². The van der Waals surface area contributed by atoms with Crippen molar-refractivity contribution in [3.05, 3.63) is 34.1 Å². The molecular weight excluding hydrogens is 345 g/mol. The van der Waals surface area contributed by atoms with Crippen molar-refractivity contribution in [1.82, 2.24) is 5.32 Å². The Morgan fingerprint density at radius 2 is 2.33 bits per heavy atom. The van der Waals surface area contributed by atoms with Gasteiger partial charge in [-0.05, 0) is 25.0 Å². The maximum Gasteiger partial charge on any atom is 0.325 e. The summed E-state index contributed by atoms with van der Waals surface area (Å²) < 4.78 is 20.0. The molecule has 0 bridgehead atoms. The molecule has 116 valence electrons. The number of halogens is 2. The number of ether oxygens (including phenoxy) is 1. The van der Waals surface area contributed by atoms with Crippen LogP contribution in [0.5, 0.6) is 0 Å². The maximum absolute atomic E-state index is 14.0. The number of hydrogen-bond donors (Lipinski definition) is 3. The first-order chi connectivity index (χ1) is 10.0. The minimum absolute atomic E-state index is 0.0298. The first-order valence-corrected chi connectivity index (χ1v) is 7.48. The molecule has 7 heteroatoms. The van der Waals surface area contributed by atoms with Gasteiger partial charge in [0.05, 0.1) is 18.8 Å². The Kier molecular flexibility index (Phi) is 5.69. The van der Waals surface area contributed by atoms with Crippen molar-refractivity contribution in [2.45, 2.75) is 31.0 Å². The summed E-state index contributed by atoms with van der Waals surface area (Å²) in [6.07, 6.45) is 1.36. The van der Waals surface area contributed by atoms with Crippen LogP contribution in [0.2, 0.25) is 0 Å². The molecule has 5 nitrogen and oxygen atoms in total. The van der Waals surface area contributed by atoms with Gasteiger partial charge >= 0.3 is 5.97 Å². The Morgan fingerprint density at radius 1 is 1.57 bits per heavy atom. The van der Waals surface area contributed by atoms with Crippen LogP contribution in [0.25, 0.3) is 0 Å². The lowest BCUT2D eigenvalue weighted by Gasteiger charge is -2.26. The van der Waals surface area contributed by atoms with E-state index < -0.39 is 23.9 Å². The zero-order valence-corrected chi connectivity index (χ0v) is 12.8. The molecule has 0 aliphatic carbocycles. The normalized spacial score (nSPS) is 21.2. The largest absolute Gasteiger partial charge is 0.480 e. The predicted molar refractivity (Wildman–Crippen MR) is 77.5 cm³/mol. The van der Waals surface area contributed by atoms with Crippen molar-refractivity contribution in [3.8, 4) is 0 Å². The molecule has 0 aromatic heterocycles. The predicted octanol–water partition coefficient (Wildman–Crippen LogP) is 1.84. The van der Waals surface area contributed by atoms with E-state index in [1.165, 1.54) is 12.1 Å². The second-order valence-corrected chi connectivity index (χ2v) is 5.86. The van der Waals surface area contributed by atoms with Gasteiger partial charge in [0.2, 0.25) is 0 Å². The van der Waals surface area contributed by atoms with E-state index in [2.05, 4.69) is 21.2 Å². The number of rotatable bonds is 6. The maximum atomic E-state index is 14.0. The fourth-order valence-electron chi connectivity index (χ4n) is 2.44. The smallest absolute Gasteiger partial charge is 0.325 e. The van der Waals surface area contributed by atoms with Gasteiger partial charge in [-0.25, -0.2) is 4.39 Å². The monoisotopic (exact) mass is 361 g/mol. The molecule has 1 aliphatic rings. The molecule has 0 radical (unpaired) electrons. The third kappa shape index (κ3) is 4.00. The van der Waals surface area contributed by atoms with Crippen LogP contribution in [-0.2, 0) is 9.53 Å². The summed E-state index contributed by atoms with van der Waals surface area (Å²) in [5.74, 6) is -1.82. The van der Waals surface area contributed by atoms with Gasteiger partial charge in [-0.15, -0.1) is 0 Å². The third-order valence-corrected chi connectivity index (χ3v) is 4.00. The Labute approximate surface area is 130 Å². The van der Waals surface area contributed by atoms with Crippen molar-refractivity contribution in [2.24, 2.45) is 0 Å². The highest BCUT2D eigenvalue weighted by atomic mass is 79.9. The Hall–Kier alpha value is -1.02. The highest BCUT2D eigenvalue weighted by Crippen LogP contribution is 2.24. The molecule has 0 saturated carbocycles. The third-order valence-electron chi connectivity index (χ3n) is 3.51. The summed E-state index contributed by atoms with van der Waals surface area (Å²) >= 11 is 3.13. The van der Waals surface area contributed by atoms with Gasteiger partial charge < -0.3 is 14.9 Å². The van der Waals surface area contributed by atoms with Gasteiger partial charge in [0.1, 0.15) is 11.9 Å². The van der Waals surface area contributed by atoms with E-state index in [0.29, 0.717) is 11.1 Å². The van der Waals surface area contributed by atoms with Crippen molar-refractivity contribution in [3.63, 3.8) is 0 Å². The highest BCUT2D eigenvalue weighted by molar-refractivity contribution is 9.10. The van der Waals surface area contributed by atoms with E-state index in [0.717, 1.165) is 12.8 Å². The van der Waals surface area contributed by atoms with Gasteiger partial charge in [-0.3, -0.25) is 10.1 Å². The van der Waals surface area contributed by atoms with Gasteiger partial charge in [0.15, 0.2) is 0 Å². The summed E-state index contributed by atoms with van der Waals surface area (Å²) in [5.41, 5.74) is 0.0298. The molecule has 2 rings (SSSR count). The van der Waals surface area contributed by atoms with Gasteiger partial charge in [0.25, 0.3) is 0 Å². The number of carboxylic acid groups (broad SMARTS) is 1. The van der Waals surface area contributed by atoms with Crippen LogP contribution in [-0.4, -0.2) is 41.5 Å². The lowest BCUT2D eigenvalue weighted by atomic mass is 10.0. The first kappa shape index (κ1) is 16.4. The fraction of sp³-hybridized carbons (Fsp3) is 0.500. The number of benzene rings is 1. The van der Waals surface area contributed by atoms with Crippen molar-refractivity contribution in [1.29, 1.82) is 0 Å². The average molecular weight is 362 g/mol. The summed E-state index contributed by atoms with van der Waals surface area (Å²) in [5, 5.41) is 21.6. The number of aliphatic hydroxyl groups excluding tert-OH is 1. The first-order valence-electron chi connectivity index (χ1n) is 6.69. The summed E-state index contributed by atoms with van der Waals surface area (Å²) in [7, 11) is 0. The molecule has 1 aromatic carbocycles. The summed E-state index contributed by atoms with van der Waals surface area (Å²) in [4.78, 5) is 11.4. The zero-order chi connectivity index (χ0) is 15.4. The molecule has 1 fully saturated rings. The molecule has 1 aliphatic heterocycles. The second kappa shape index (κ2) is 7.31. The number of hydrogen-bond acceptors (Lipinski definition) is 4. The Bertz CT molecular complexity index is 508. The van der Waals surface area contributed by atoms with Crippen LogP contribution in [0.4, 0.5) is 4.39 Å². The topological polar surface area (TPSA) is 78.8 Å². The van der Waals surface area contributed by atoms with Crippen molar-refractivity contribution in [2.75, 3.05) is 13.2 Å². The lowest BCUT2D eigenvalue weighted by molar-refractivity contribution is -0.140. The van der Waals surface area contributed by atoms with E-state index in [1.54, 1.807) is 6.07 Å². The molecule has 1 saturated heterocycles. The van der Waals surface area contributed by atoms with E-state index in [9.17, 15) is 19.4 Å². The Morgan fingerprint density at radius 3 is 2.86 bits per heavy atom. The number of carbonyl (C=O) groups is 1. The van der Waals surface area contributed by atoms with Crippen LogP contribution in [0.15, 0.2) is 22.7 Å². The number of carboxylic acids is 1. The summed E-state index contributed by atoms with van der Waals surface area (Å²) in [6, 6.07) is 2.43. The average Bonchev–Trinajstić information content (AvgIpc) is 2.95. The van der Waals surface area contributed by atoms with Crippen molar-refractivity contribution < 1.29 is 24.1 Å². The molecule has 1 aromatic rings. The minimum Gasteiger partial charge on any atom is -0.480 e. The van der Waals surface area contributed by atoms with Gasteiger partial charge in [-0.1, -0.05) is 22.0 Å². The van der Waals surface area contributed by atoms with Crippen LogP contribution in [0.1, 0.15) is 24.4 Å². The molecular formula is C14H17BrFNO4. The lowest BCUT2D eigenvalue weighted by Crippen LogP contribution is -2.46. The van der Waals surface area contributed by atoms with Crippen LogP contribution in [0.3, 0.4) is 0 Å². The van der Waals surface area contributed by atoms with Gasteiger partial charge in [-0.2, -0.15) is 0 Å². The van der Waals surface area contributed by atoms with E-state index in [4.69, 9.17) is 4.74 Å². The zero-order valence-electron chi connectivity index (χ0n) is 11.3. The quantitative estimate of drug-likeness (QED) is 0.720. The van der Waals surface area contributed by atoms with E-state index in [1.807, 2.05) is 0 Å². The fourth-order valence-corrected chi connectivity index (χ4v) is 2.77. The van der Waals surface area contributed by atoms with Crippen LogP contribution in [0, 0.1) is 5.82 Å². The highest BCUT2D eigenvalue weighted by Gasteiger charge is 2.31. The van der Waals surface area contributed by atoms with E-state index >= 15 is 0 Å². The summed E-state index contributed by atoms with van der Waals surface area (Å²) in [6.45, 7) is 0.319. The van der Waals surface area contributed by atoms with Crippen LogP contribution < -0.4 is 5.32 Å². The molecule has 1 heterocycles. The van der Waals surface area contributed by atoms with E-state index in [-0.39, 0.29) is 18.3 Å².